The van der Waals surface area contributed by atoms with Crippen molar-refractivity contribution in [2.75, 3.05) is 13.2 Å². The van der Waals surface area contributed by atoms with Crippen LogP contribution < -0.4 is 10.1 Å². The lowest BCUT2D eigenvalue weighted by Crippen LogP contribution is -2.34. The average molecular weight is 286 g/mol. The molecule has 1 atom stereocenters. The second-order valence-electron chi connectivity index (χ2n) is 4.08. The smallest absolute Gasteiger partial charge is 0.251 e. The minimum Gasteiger partial charge on any atom is -0.489 e. The molecule has 1 saturated heterocycles. The molecule has 0 saturated carbocycles. The topological polar surface area (TPSA) is 41.6 Å². The van der Waals surface area contributed by atoms with Gasteiger partial charge in [-0.1, -0.05) is 0 Å². The number of halogens is 2. The molecule has 1 amide bonds. The van der Waals surface area contributed by atoms with E-state index in [1.54, 1.807) is 6.92 Å². The van der Waals surface area contributed by atoms with Crippen molar-refractivity contribution in [3.05, 3.63) is 29.8 Å². The van der Waals surface area contributed by atoms with Gasteiger partial charge < -0.3 is 10.1 Å². The van der Waals surface area contributed by atoms with Gasteiger partial charge >= 0.3 is 0 Å². The molecule has 1 aliphatic heterocycles. The molecule has 0 bridgehead atoms. The number of ether oxygens (including phenoxy) is 1. The van der Waals surface area contributed by atoms with Crippen LogP contribution in [0.25, 0.3) is 0 Å². The van der Waals surface area contributed by atoms with Crippen LogP contribution in [-0.4, -0.2) is 35.1 Å². The van der Waals surface area contributed by atoms with Crippen molar-refractivity contribution >= 4 is 23.2 Å². The zero-order valence-electron chi connectivity index (χ0n) is 10.2. The molecular weight excluding hydrogens is 274 g/mol. The molecule has 0 aliphatic carbocycles. The molecule has 1 fully saturated rings. The molecule has 19 heavy (non-hydrogen) atoms. The van der Waals surface area contributed by atoms with Gasteiger partial charge in [-0.3, -0.25) is 9.69 Å². The molecule has 0 spiro atoms. The molecule has 1 aromatic carbocycles. The van der Waals surface area contributed by atoms with E-state index in [0.717, 1.165) is 12.1 Å². The van der Waals surface area contributed by atoms with Gasteiger partial charge in [0.25, 0.3) is 5.91 Å². The Morgan fingerprint density at radius 2 is 2.21 bits per heavy atom. The monoisotopic (exact) mass is 286 g/mol. The van der Waals surface area contributed by atoms with E-state index >= 15 is 0 Å². The Kier molecular flexibility index (Phi) is 3.94. The maximum Gasteiger partial charge on any atom is 0.251 e. The number of carbonyl (C=O) groups excluding carboxylic acids is 1. The Hall–Kier alpha value is -1.76. The Morgan fingerprint density at radius 3 is 2.79 bits per heavy atom. The average Bonchev–Trinajstić information content (AvgIpc) is 2.58. The molecule has 102 valence electrons. The SMILES string of the molecule is C[C@H]1NC(=S)N(CCOc2ccc(F)cc2F)C1=O. The van der Waals surface area contributed by atoms with E-state index in [2.05, 4.69) is 5.32 Å². The fourth-order valence-electron chi connectivity index (χ4n) is 1.71. The zero-order chi connectivity index (χ0) is 14.0. The van der Waals surface area contributed by atoms with Crippen molar-refractivity contribution in [1.82, 2.24) is 10.2 Å². The summed E-state index contributed by atoms with van der Waals surface area (Å²) in [6.45, 7) is 1.99. The zero-order valence-corrected chi connectivity index (χ0v) is 11.0. The predicted octanol–water partition coefficient (Wildman–Crippen LogP) is 1.45. The summed E-state index contributed by atoms with van der Waals surface area (Å²) >= 11 is 4.98. The second-order valence-corrected chi connectivity index (χ2v) is 4.47. The van der Waals surface area contributed by atoms with Gasteiger partial charge in [0.2, 0.25) is 0 Å². The van der Waals surface area contributed by atoms with Gasteiger partial charge in [-0.05, 0) is 31.3 Å². The number of hydrogen-bond acceptors (Lipinski definition) is 3. The highest BCUT2D eigenvalue weighted by atomic mass is 32.1. The maximum absolute atomic E-state index is 13.3. The van der Waals surface area contributed by atoms with Crippen molar-refractivity contribution in [2.24, 2.45) is 0 Å². The molecule has 1 N–H and O–H groups in total. The van der Waals surface area contributed by atoms with Crippen LogP contribution in [0.5, 0.6) is 5.75 Å². The van der Waals surface area contributed by atoms with E-state index in [4.69, 9.17) is 17.0 Å². The van der Waals surface area contributed by atoms with Gasteiger partial charge in [0, 0.05) is 6.07 Å². The van der Waals surface area contributed by atoms with Crippen molar-refractivity contribution in [3.8, 4) is 5.75 Å². The quantitative estimate of drug-likeness (QED) is 0.851. The third-order valence-corrected chi connectivity index (χ3v) is 3.03. The first-order valence-corrected chi connectivity index (χ1v) is 6.09. The number of carbonyl (C=O) groups is 1. The van der Waals surface area contributed by atoms with Crippen LogP contribution in [0.4, 0.5) is 8.78 Å². The Bertz CT molecular complexity index is 524. The maximum atomic E-state index is 13.3. The van der Waals surface area contributed by atoms with Gasteiger partial charge in [-0.15, -0.1) is 0 Å². The van der Waals surface area contributed by atoms with Gasteiger partial charge in [0.05, 0.1) is 6.54 Å². The van der Waals surface area contributed by atoms with E-state index in [9.17, 15) is 13.6 Å². The summed E-state index contributed by atoms with van der Waals surface area (Å²) in [5.74, 6) is -1.64. The molecule has 4 nitrogen and oxygen atoms in total. The molecule has 1 heterocycles. The van der Waals surface area contributed by atoms with Crippen LogP contribution in [0.15, 0.2) is 18.2 Å². The lowest BCUT2D eigenvalue weighted by atomic mass is 10.3. The molecule has 0 radical (unpaired) electrons. The Labute approximate surface area is 114 Å². The highest BCUT2D eigenvalue weighted by molar-refractivity contribution is 7.80. The standard InChI is InChI=1S/C12H12F2N2O2S/c1-7-11(17)16(12(19)15-7)4-5-18-10-3-2-8(13)6-9(10)14/h2-3,6-7H,4-5H2,1H3,(H,15,19)/t7-/m1/s1. The summed E-state index contributed by atoms with van der Waals surface area (Å²) in [7, 11) is 0. The van der Waals surface area contributed by atoms with Crippen molar-refractivity contribution in [3.63, 3.8) is 0 Å². The van der Waals surface area contributed by atoms with Crippen LogP contribution in [0.3, 0.4) is 0 Å². The normalized spacial score (nSPS) is 18.7. The van der Waals surface area contributed by atoms with E-state index in [-0.39, 0.29) is 30.9 Å². The molecule has 2 rings (SSSR count). The van der Waals surface area contributed by atoms with Gasteiger partial charge in [-0.25, -0.2) is 8.78 Å². The molecule has 0 unspecified atom stereocenters. The van der Waals surface area contributed by atoms with E-state index in [1.165, 1.54) is 11.0 Å². The number of nitrogens with zero attached hydrogens (tertiary/aromatic N) is 1. The summed E-state index contributed by atoms with van der Waals surface area (Å²) in [5.41, 5.74) is 0. The molecule has 7 heteroatoms. The lowest BCUT2D eigenvalue weighted by Gasteiger charge is -2.15. The highest BCUT2D eigenvalue weighted by Gasteiger charge is 2.31. The summed E-state index contributed by atoms with van der Waals surface area (Å²) in [6, 6.07) is 2.70. The summed E-state index contributed by atoms with van der Waals surface area (Å²) in [5, 5.41) is 3.15. The molecular formula is C12H12F2N2O2S. The van der Waals surface area contributed by atoms with Gasteiger partial charge in [0.15, 0.2) is 16.7 Å². The fourth-order valence-corrected chi connectivity index (χ4v) is 2.07. The number of thiocarbonyl (C=S) groups is 1. The van der Waals surface area contributed by atoms with E-state index < -0.39 is 11.6 Å². The van der Waals surface area contributed by atoms with Crippen molar-refractivity contribution in [1.29, 1.82) is 0 Å². The minimum absolute atomic E-state index is 0.0556. The summed E-state index contributed by atoms with van der Waals surface area (Å²) in [6.07, 6.45) is 0. The minimum atomic E-state index is -0.776. The Balaban J connectivity index is 1.90. The number of nitrogens with one attached hydrogen (secondary N) is 1. The van der Waals surface area contributed by atoms with Crippen molar-refractivity contribution in [2.45, 2.75) is 13.0 Å². The molecule has 0 aromatic heterocycles. The predicted molar refractivity (Wildman–Crippen MR) is 68.8 cm³/mol. The first-order chi connectivity index (χ1) is 8.99. The lowest BCUT2D eigenvalue weighted by molar-refractivity contribution is -0.126. The largest absolute Gasteiger partial charge is 0.489 e. The molecule has 1 aliphatic rings. The third kappa shape index (κ3) is 2.98. The van der Waals surface area contributed by atoms with Crippen LogP contribution in [0, 0.1) is 11.6 Å². The van der Waals surface area contributed by atoms with Crippen molar-refractivity contribution < 1.29 is 18.3 Å². The number of hydrogen-bond donors (Lipinski definition) is 1. The van der Waals surface area contributed by atoms with Crippen LogP contribution in [0.1, 0.15) is 6.92 Å². The third-order valence-electron chi connectivity index (χ3n) is 2.69. The number of amides is 1. The first-order valence-electron chi connectivity index (χ1n) is 5.69. The van der Waals surface area contributed by atoms with E-state index in [0.29, 0.717) is 5.11 Å². The van der Waals surface area contributed by atoms with Crippen LogP contribution in [-0.2, 0) is 4.79 Å². The highest BCUT2D eigenvalue weighted by Crippen LogP contribution is 2.17. The van der Waals surface area contributed by atoms with Gasteiger partial charge in [-0.2, -0.15) is 0 Å². The van der Waals surface area contributed by atoms with Crippen LogP contribution >= 0.6 is 12.2 Å². The van der Waals surface area contributed by atoms with Gasteiger partial charge in [0.1, 0.15) is 18.5 Å². The second kappa shape index (κ2) is 5.48. The fraction of sp³-hybridized carbons (Fsp3) is 0.333. The Morgan fingerprint density at radius 1 is 1.47 bits per heavy atom. The summed E-state index contributed by atoms with van der Waals surface area (Å²) in [4.78, 5) is 13.0. The number of benzene rings is 1. The first kappa shape index (κ1) is 13.7. The summed E-state index contributed by atoms with van der Waals surface area (Å²) < 4.78 is 31.1. The number of rotatable bonds is 4. The van der Waals surface area contributed by atoms with Crippen LogP contribution in [0.2, 0.25) is 0 Å². The van der Waals surface area contributed by atoms with E-state index in [1.807, 2.05) is 0 Å². The molecule has 1 aromatic rings.